The van der Waals surface area contributed by atoms with E-state index in [1.165, 1.54) is 6.92 Å². The van der Waals surface area contributed by atoms with Gasteiger partial charge in [0.25, 0.3) is 5.91 Å². The van der Waals surface area contributed by atoms with E-state index in [9.17, 15) is 9.59 Å². The van der Waals surface area contributed by atoms with Gasteiger partial charge in [-0.05, 0) is 6.07 Å². The van der Waals surface area contributed by atoms with Crippen LogP contribution in [0.1, 0.15) is 12.5 Å². The number of nitrogens with one attached hydrogen (secondary N) is 3. The Balaban J connectivity index is 2.06. The normalized spacial score (nSPS) is 20.6. The second-order valence-corrected chi connectivity index (χ2v) is 5.12. The van der Waals surface area contributed by atoms with Gasteiger partial charge in [-0.2, -0.15) is 0 Å². The number of benzene rings is 1. The molecule has 1 aromatic carbocycles. The fourth-order valence-electron chi connectivity index (χ4n) is 2.94. The lowest BCUT2D eigenvalue weighted by atomic mass is 9.92. The molecule has 0 aliphatic carbocycles. The summed E-state index contributed by atoms with van der Waals surface area (Å²) in [5, 5.41) is 9.38. The Morgan fingerprint density at radius 1 is 1.25 bits per heavy atom. The summed E-state index contributed by atoms with van der Waals surface area (Å²) in [6.45, 7) is 4.38. The average molecular weight is 274 g/mol. The number of amides is 2. The van der Waals surface area contributed by atoms with Gasteiger partial charge >= 0.3 is 0 Å². The highest BCUT2D eigenvalue weighted by atomic mass is 16.2. The van der Waals surface area contributed by atoms with Gasteiger partial charge in [-0.15, -0.1) is 0 Å². The van der Waals surface area contributed by atoms with Crippen molar-refractivity contribution in [2.75, 3.05) is 31.5 Å². The van der Waals surface area contributed by atoms with E-state index in [1.54, 1.807) is 0 Å². The van der Waals surface area contributed by atoms with Crippen molar-refractivity contribution in [2.24, 2.45) is 0 Å². The third kappa shape index (κ3) is 1.97. The molecule has 2 fully saturated rings. The molecule has 3 N–H and O–H groups in total. The first-order chi connectivity index (χ1) is 9.63. The molecule has 0 atom stereocenters. The standard InChI is InChI=1S/C14H18N4O2/c1-10(19)17-12-5-3-2-4-11(12)14-13(20)18(8-6-15-14)9-7-16-14/h2-5,15-16H,6-9H2,1H3,(H,17,19). The first-order valence-electron chi connectivity index (χ1n) is 6.80. The quantitative estimate of drug-likeness (QED) is 0.700. The van der Waals surface area contributed by atoms with Crippen molar-refractivity contribution >= 4 is 17.5 Å². The van der Waals surface area contributed by atoms with Crippen molar-refractivity contribution in [1.29, 1.82) is 0 Å². The molecule has 2 amide bonds. The van der Waals surface area contributed by atoms with Crippen LogP contribution in [0.2, 0.25) is 0 Å². The highest BCUT2D eigenvalue weighted by Crippen LogP contribution is 2.31. The molecule has 0 radical (unpaired) electrons. The van der Waals surface area contributed by atoms with Crippen LogP contribution < -0.4 is 16.0 Å². The lowest BCUT2D eigenvalue weighted by molar-refractivity contribution is -0.147. The number of carbonyl (C=O) groups is 2. The molecule has 2 heterocycles. The predicted octanol–water partition coefficient (Wildman–Crippen LogP) is -0.167. The van der Waals surface area contributed by atoms with Crippen LogP contribution in [0.4, 0.5) is 5.69 Å². The second-order valence-electron chi connectivity index (χ2n) is 5.12. The molecule has 0 aromatic heterocycles. The maximum atomic E-state index is 12.7. The van der Waals surface area contributed by atoms with Crippen molar-refractivity contribution in [3.05, 3.63) is 29.8 Å². The second kappa shape index (κ2) is 4.88. The molecule has 6 nitrogen and oxygen atoms in total. The zero-order chi connectivity index (χ0) is 14.2. The number of carbonyl (C=O) groups excluding carboxylic acids is 2. The van der Waals surface area contributed by atoms with Crippen LogP contribution in [0.5, 0.6) is 0 Å². The molecule has 2 aliphatic heterocycles. The minimum absolute atomic E-state index is 0.0211. The molecule has 0 unspecified atom stereocenters. The van der Waals surface area contributed by atoms with E-state index >= 15 is 0 Å². The molecule has 2 aliphatic rings. The number of anilines is 1. The van der Waals surface area contributed by atoms with Gasteiger partial charge in [0.15, 0.2) is 5.66 Å². The number of piperazine rings is 2. The topological polar surface area (TPSA) is 73.5 Å². The third-order valence-electron chi connectivity index (χ3n) is 3.79. The highest BCUT2D eigenvalue weighted by molar-refractivity contribution is 5.94. The summed E-state index contributed by atoms with van der Waals surface area (Å²) in [5.41, 5.74) is 0.511. The average Bonchev–Trinajstić information content (AvgIpc) is 2.39. The smallest absolute Gasteiger partial charge is 0.262 e. The number of fused-ring (bicyclic) bond motifs is 2. The fraction of sp³-hybridized carbons (Fsp3) is 0.429. The van der Waals surface area contributed by atoms with Gasteiger partial charge in [0.05, 0.1) is 0 Å². The summed E-state index contributed by atoms with van der Waals surface area (Å²) in [4.78, 5) is 25.9. The summed E-state index contributed by atoms with van der Waals surface area (Å²) in [6, 6.07) is 7.41. The maximum Gasteiger partial charge on any atom is 0.262 e. The van der Waals surface area contributed by atoms with Crippen LogP contribution in [0.3, 0.4) is 0 Å². The zero-order valence-corrected chi connectivity index (χ0v) is 11.4. The number of hydrogen-bond acceptors (Lipinski definition) is 4. The first kappa shape index (κ1) is 13.1. The van der Waals surface area contributed by atoms with Gasteiger partial charge in [0, 0.05) is 44.4 Å². The third-order valence-corrected chi connectivity index (χ3v) is 3.79. The zero-order valence-electron chi connectivity index (χ0n) is 11.4. The molecular weight excluding hydrogens is 256 g/mol. The van der Waals surface area contributed by atoms with Gasteiger partial charge in [-0.3, -0.25) is 20.2 Å². The molecule has 3 rings (SSSR count). The molecule has 2 saturated heterocycles. The van der Waals surface area contributed by atoms with E-state index in [1.807, 2.05) is 29.2 Å². The van der Waals surface area contributed by atoms with Crippen LogP contribution in [-0.2, 0) is 15.3 Å². The van der Waals surface area contributed by atoms with Crippen LogP contribution in [0.25, 0.3) is 0 Å². The Hall–Kier alpha value is -1.92. The maximum absolute atomic E-state index is 12.7. The van der Waals surface area contributed by atoms with Crippen LogP contribution in [-0.4, -0.2) is 42.9 Å². The Labute approximate surface area is 117 Å². The number of hydrogen-bond donors (Lipinski definition) is 3. The summed E-state index contributed by atoms with van der Waals surface area (Å²) < 4.78 is 0. The van der Waals surface area contributed by atoms with Crippen molar-refractivity contribution < 1.29 is 9.59 Å². The highest BCUT2D eigenvalue weighted by Gasteiger charge is 2.48. The Bertz CT molecular complexity index is 548. The number of rotatable bonds is 2. The lowest BCUT2D eigenvalue weighted by Gasteiger charge is -2.47. The van der Waals surface area contributed by atoms with Crippen LogP contribution in [0, 0.1) is 0 Å². The molecule has 1 aromatic rings. The van der Waals surface area contributed by atoms with Gasteiger partial charge < -0.3 is 10.2 Å². The summed E-state index contributed by atoms with van der Waals surface area (Å²) in [7, 11) is 0. The van der Waals surface area contributed by atoms with Crippen molar-refractivity contribution in [3.63, 3.8) is 0 Å². The van der Waals surface area contributed by atoms with E-state index in [2.05, 4.69) is 16.0 Å². The van der Waals surface area contributed by atoms with Gasteiger partial charge in [-0.1, -0.05) is 18.2 Å². The van der Waals surface area contributed by atoms with E-state index in [-0.39, 0.29) is 11.8 Å². The summed E-state index contributed by atoms with van der Waals surface area (Å²) >= 11 is 0. The van der Waals surface area contributed by atoms with E-state index in [0.717, 1.165) is 31.7 Å². The monoisotopic (exact) mass is 274 g/mol. The molecule has 6 heteroatoms. The molecule has 106 valence electrons. The Kier molecular flexibility index (Phi) is 3.19. The minimum atomic E-state index is -0.921. The molecule has 20 heavy (non-hydrogen) atoms. The molecular formula is C14H18N4O2. The summed E-state index contributed by atoms with van der Waals surface area (Å²) in [6.07, 6.45) is 0. The minimum Gasteiger partial charge on any atom is -0.337 e. The summed E-state index contributed by atoms with van der Waals surface area (Å²) in [5.74, 6) is -0.127. The van der Waals surface area contributed by atoms with Crippen molar-refractivity contribution in [3.8, 4) is 0 Å². The number of nitrogens with zero attached hydrogens (tertiary/aromatic N) is 1. The molecule has 0 saturated carbocycles. The first-order valence-corrected chi connectivity index (χ1v) is 6.80. The fourth-order valence-corrected chi connectivity index (χ4v) is 2.94. The van der Waals surface area contributed by atoms with Gasteiger partial charge in [-0.25, -0.2) is 0 Å². The van der Waals surface area contributed by atoms with Gasteiger partial charge in [0.2, 0.25) is 5.91 Å². The Morgan fingerprint density at radius 2 is 1.90 bits per heavy atom. The molecule has 2 bridgehead atoms. The predicted molar refractivity (Wildman–Crippen MR) is 75.0 cm³/mol. The van der Waals surface area contributed by atoms with E-state index in [0.29, 0.717) is 5.69 Å². The van der Waals surface area contributed by atoms with E-state index < -0.39 is 5.66 Å². The van der Waals surface area contributed by atoms with Gasteiger partial charge in [0.1, 0.15) is 0 Å². The number of para-hydroxylation sites is 1. The van der Waals surface area contributed by atoms with E-state index in [4.69, 9.17) is 0 Å². The lowest BCUT2D eigenvalue weighted by Crippen LogP contribution is -2.73. The van der Waals surface area contributed by atoms with Crippen LogP contribution in [0.15, 0.2) is 24.3 Å². The Morgan fingerprint density at radius 3 is 2.55 bits per heavy atom. The van der Waals surface area contributed by atoms with Crippen LogP contribution >= 0.6 is 0 Å². The SMILES string of the molecule is CC(=O)Nc1ccccc1C12NCCN(CCN1)C2=O. The largest absolute Gasteiger partial charge is 0.337 e. The van der Waals surface area contributed by atoms with Crippen molar-refractivity contribution in [2.45, 2.75) is 12.6 Å². The van der Waals surface area contributed by atoms with Crippen molar-refractivity contribution in [1.82, 2.24) is 15.5 Å². The molecule has 0 spiro atoms.